The average Bonchev–Trinajstić information content (AvgIpc) is 1.69. The first kappa shape index (κ1) is 8.02. The quantitative estimate of drug-likeness (QED) is 0.596. The molecule has 0 aromatic carbocycles. The number of nitrogens with one attached hydrogen (secondary N) is 1. The highest BCUT2D eigenvalue weighted by Gasteiger charge is 1.98. The van der Waals surface area contributed by atoms with Gasteiger partial charge in [-0.15, -0.1) is 17.0 Å². The van der Waals surface area contributed by atoms with Gasteiger partial charge in [-0.25, -0.2) is 0 Å². The Morgan fingerprint density at radius 1 is 1.38 bits per heavy atom. The van der Waals surface area contributed by atoms with E-state index in [4.69, 9.17) is 0 Å². The van der Waals surface area contributed by atoms with Gasteiger partial charge < -0.3 is 5.32 Å². The molecule has 0 bridgehead atoms. The summed E-state index contributed by atoms with van der Waals surface area (Å²) < 4.78 is 0. The topological polar surface area (TPSA) is 12.0 Å². The van der Waals surface area contributed by atoms with Gasteiger partial charge in [0.05, 0.1) is 0 Å². The van der Waals surface area contributed by atoms with E-state index in [-0.39, 0.29) is 17.0 Å². The minimum Gasteiger partial charge on any atom is -0.389 e. The van der Waals surface area contributed by atoms with Crippen molar-refractivity contribution in [3.8, 4) is 0 Å². The van der Waals surface area contributed by atoms with Gasteiger partial charge in [0, 0.05) is 12.2 Å². The molecule has 0 amide bonds. The molecule has 0 aromatic heterocycles. The maximum atomic E-state index is 3.80. The monoisotopic (exact) mass is 177 g/mol. The lowest BCUT2D eigenvalue weighted by molar-refractivity contribution is 0.590. The van der Waals surface area contributed by atoms with Crippen molar-refractivity contribution in [3.63, 3.8) is 0 Å². The van der Waals surface area contributed by atoms with Crippen molar-refractivity contribution in [2.24, 2.45) is 0 Å². The number of rotatable bonds is 0. The molecule has 1 nitrogen and oxygen atoms in total. The first-order chi connectivity index (χ1) is 3.39. The second-order valence-electron chi connectivity index (χ2n) is 1.99. The van der Waals surface area contributed by atoms with E-state index < -0.39 is 0 Å². The molecule has 0 atom stereocenters. The van der Waals surface area contributed by atoms with Gasteiger partial charge in [0.1, 0.15) is 0 Å². The molecule has 0 aromatic rings. The standard InChI is InChI=1S/C6H11N.BrH/c1-6-4-2-3-5-7-6;/h7H,1-5H2;1H. The first-order valence-electron chi connectivity index (χ1n) is 2.81. The van der Waals surface area contributed by atoms with Crippen LogP contribution in [0.25, 0.3) is 0 Å². The Balaban J connectivity index is 0.000000490. The van der Waals surface area contributed by atoms with Crippen molar-refractivity contribution in [1.82, 2.24) is 5.32 Å². The van der Waals surface area contributed by atoms with E-state index in [0.717, 1.165) is 6.54 Å². The molecule has 0 spiro atoms. The summed E-state index contributed by atoms with van der Waals surface area (Å²) in [4.78, 5) is 0. The molecule has 1 N–H and O–H groups in total. The fourth-order valence-corrected chi connectivity index (χ4v) is 0.817. The Bertz CT molecular complexity index is 72.6. The molecular formula is C6H12BrN. The van der Waals surface area contributed by atoms with Crippen LogP contribution in [-0.2, 0) is 0 Å². The molecule has 1 aliphatic heterocycles. The van der Waals surface area contributed by atoms with Crippen molar-refractivity contribution >= 4 is 17.0 Å². The smallest absolute Gasteiger partial charge is 0.0143 e. The zero-order chi connectivity index (χ0) is 5.11. The van der Waals surface area contributed by atoms with E-state index in [1.165, 1.54) is 25.0 Å². The molecule has 1 heterocycles. The second kappa shape index (κ2) is 3.96. The predicted molar refractivity (Wildman–Crippen MR) is 41.3 cm³/mol. The first-order valence-corrected chi connectivity index (χ1v) is 2.81. The third kappa shape index (κ3) is 2.36. The number of hydrogen-bond acceptors (Lipinski definition) is 1. The zero-order valence-corrected chi connectivity index (χ0v) is 6.66. The highest BCUT2D eigenvalue weighted by molar-refractivity contribution is 8.93. The third-order valence-corrected chi connectivity index (χ3v) is 1.28. The van der Waals surface area contributed by atoms with Gasteiger partial charge in [0.2, 0.25) is 0 Å². The van der Waals surface area contributed by atoms with Gasteiger partial charge in [0.15, 0.2) is 0 Å². The summed E-state index contributed by atoms with van der Waals surface area (Å²) in [6.45, 7) is 4.94. The zero-order valence-electron chi connectivity index (χ0n) is 4.94. The van der Waals surface area contributed by atoms with Crippen molar-refractivity contribution in [2.45, 2.75) is 19.3 Å². The van der Waals surface area contributed by atoms with Gasteiger partial charge in [-0.1, -0.05) is 6.58 Å². The van der Waals surface area contributed by atoms with Crippen LogP contribution in [-0.4, -0.2) is 6.54 Å². The lowest BCUT2D eigenvalue weighted by atomic mass is 10.1. The van der Waals surface area contributed by atoms with Crippen LogP contribution >= 0.6 is 17.0 Å². The number of allylic oxidation sites excluding steroid dienone is 1. The van der Waals surface area contributed by atoms with E-state index in [1.54, 1.807) is 0 Å². The van der Waals surface area contributed by atoms with Crippen molar-refractivity contribution < 1.29 is 0 Å². The number of hydrogen-bond donors (Lipinski definition) is 1. The fourth-order valence-electron chi connectivity index (χ4n) is 0.817. The molecule has 1 aliphatic rings. The largest absolute Gasteiger partial charge is 0.389 e. The summed E-state index contributed by atoms with van der Waals surface area (Å²) in [5.41, 5.74) is 1.21. The highest BCUT2D eigenvalue weighted by Crippen LogP contribution is 2.06. The lowest BCUT2D eigenvalue weighted by Crippen LogP contribution is -2.18. The predicted octanol–water partition coefficient (Wildman–Crippen LogP) is 1.85. The molecule has 1 fully saturated rings. The lowest BCUT2D eigenvalue weighted by Gasteiger charge is -2.13. The van der Waals surface area contributed by atoms with Crippen LogP contribution in [0.4, 0.5) is 0 Å². The van der Waals surface area contributed by atoms with E-state index in [9.17, 15) is 0 Å². The number of piperidine rings is 1. The minimum absolute atomic E-state index is 0. The van der Waals surface area contributed by atoms with Gasteiger partial charge in [-0.2, -0.15) is 0 Å². The Kier molecular flexibility index (Phi) is 3.97. The molecule has 0 saturated carbocycles. The number of halogens is 1. The molecule has 8 heavy (non-hydrogen) atoms. The van der Waals surface area contributed by atoms with Gasteiger partial charge in [-0.05, 0) is 19.3 Å². The summed E-state index contributed by atoms with van der Waals surface area (Å²) in [6.07, 6.45) is 3.82. The summed E-state index contributed by atoms with van der Waals surface area (Å²) in [7, 11) is 0. The van der Waals surface area contributed by atoms with E-state index in [1.807, 2.05) is 0 Å². The van der Waals surface area contributed by atoms with Crippen LogP contribution in [0.2, 0.25) is 0 Å². The van der Waals surface area contributed by atoms with E-state index in [0.29, 0.717) is 0 Å². The van der Waals surface area contributed by atoms with Crippen LogP contribution < -0.4 is 5.32 Å². The van der Waals surface area contributed by atoms with Crippen molar-refractivity contribution in [2.75, 3.05) is 6.54 Å². The second-order valence-corrected chi connectivity index (χ2v) is 1.99. The van der Waals surface area contributed by atoms with Crippen molar-refractivity contribution in [3.05, 3.63) is 12.3 Å². The van der Waals surface area contributed by atoms with E-state index >= 15 is 0 Å². The maximum absolute atomic E-state index is 3.80. The maximum Gasteiger partial charge on any atom is 0.0143 e. The van der Waals surface area contributed by atoms with Gasteiger partial charge >= 0.3 is 0 Å². The minimum atomic E-state index is 0. The average molecular weight is 178 g/mol. The SMILES string of the molecule is Br.C=C1CCCCN1. The molecule has 48 valence electrons. The van der Waals surface area contributed by atoms with Crippen LogP contribution in [0.15, 0.2) is 12.3 Å². The molecule has 1 saturated heterocycles. The Labute approximate surface area is 60.9 Å². The molecule has 1 rings (SSSR count). The molecule has 0 aliphatic carbocycles. The van der Waals surface area contributed by atoms with Crippen LogP contribution in [0.5, 0.6) is 0 Å². The Morgan fingerprint density at radius 3 is 2.38 bits per heavy atom. The Morgan fingerprint density at radius 2 is 2.12 bits per heavy atom. The van der Waals surface area contributed by atoms with Crippen LogP contribution in [0, 0.1) is 0 Å². The highest BCUT2D eigenvalue weighted by atomic mass is 79.9. The van der Waals surface area contributed by atoms with Crippen LogP contribution in [0.3, 0.4) is 0 Å². The normalized spacial score (nSPS) is 18.8. The molecular weight excluding hydrogens is 166 g/mol. The fraction of sp³-hybridized carbons (Fsp3) is 0.667. The van der Waals surface area contributed by atoms with Gasteiger partial charge in [0.25, 0.3) is 0 Å². The van der Waals surface area contributed by atoms with E-state index in [2.05, 4.69) is 11.9 Å². The molecule has 0 unspecified atom stereocenters. The third-order valence-electron chi connectivity index (χ3n) is 1.28. The molecule has 0 radical (unpaired) electrons. The van der Waals surface area contributed by atoms with Gasteiger partial charge in [-0.3, -0.25) is 0 Å². The van der Waals surface area contributed by atoms with Crippen LogP contribution in [0.1, 0.15) is 19.3 Å². The summed E-state index contributed by atoms with van der Waals surface area (Å²) >= 11 is 0. The summed E-state index contributed by atoms with van der Waals surface area (Å²) in [6, 6.07) is 0. The molecule has 2 heteroatoms. The summed E-state index contributed by atoms with van der Waals surface area (Å²) in [5.74, 6) is 0. The Hall–Kier alpha value is 0.0200. The van der Waals surface area contributed by atoms with Crippen molar-refractivity contribution in [1.29, 1.82) is 0 Å². The summed E-state index contributed by atoms with van der Waals surface area (Å²) in [5, 5.41) is 3.19.